The fourth-order valence-electron chi connectivity index (χ4n) is 13.9. The van der Waals surface area contributed by atoms with Crippen molar-refractivity contribution in [3.8, 4) is 0 Å². The van der Waals surface area contributed by atoms with Crippen molar-refractivity contribution in [3.05, 3.63) is 164 Å². The molecule has 2 amide bonds. The highest BCUT2D eigenvalue weighted by Crippen LogP contribution is 2.49. The molecule has 4 aromatic carbocycles. The zero-order valence-electron chi connectivity index (χ0n) is 50.2. The molecule has 4 fully saturated rings. The van der Waals surface area contributed by atoms with Crippen LogP contribution < -0.4 is 0 Å². The number of likely N-dealkylation sites (tertiary alicyclic amines) is 1. The van der Waals surface area contributed by atoms with Crippen molar-refractivity contribution in [1.29, 1.82) is 0 Å². The van der Waals surface area contributed by atoms with Crippen molar-refractivity contribution < 1.29 is 80.5 Å². The van der Waals surface area contributed by atoms with Gasteiger partial charge in [-0.25, -0.2) is 8.78 Å². The summed E-state index contributed by atoms with van der Waals surface area (Å²) < 4.78 is 203. The number of piperidine rings is 2. The summed E-state index contributed by atoms with van der Waals surface area (Å²) >= 11 is 0. The molecule has 8 nitrogen and oxygen atoms in total. The quantitative estimate of drug-likeness (QED) is 0.147. The van der Waals surface area contributed by atoms with Gasteiger partial charge in [0.05, 0.1) is 46.7 Å². The monoisotopic (exact) mass is 1250 g/mol. The Labute approximate surface area is 503 Å². The molecule has 9 atom stereocenters. The molecule has 480 valence electrons. The van der Waals surface area contributed by atoms with Crippen LogP contribution >= 0.6 is 0 Å². The predicted octanol–water partition coefficient (Wildman–Crippen LogP) is 16.3. The molecule has 0 aliphatic carbocycles. The lowest BCUT2D eigenvalue weighted by atomic mass is 9.73. The van der Waals surface area contributed by atoms with Crippen LogP contribution in [-0.2, 0) is 43.8 Å². The van der Waals surface area contributed by atoms with Crippen LogP contribution in [0, 0.1) is 23.5 Å². The Bertz CT molecular complexity index is 3140. The molecule has 6 aliphatic rings. The number of benzene rings is 4. The summed E-state index contributed by atoms with van der Waals surface area (Å²) in [6.45, 7) is 19.5. The van der Waals surface area contributed by atoms with Crippen molar-refractivity contribution in [2.45, 2.75) is 178 Å². The van der Waals surface area contributed by atoms with Gasteiger partial charge in [0.25, 0.3) is 0 Å². The SMILES string of the molecule is C[C@@H](OC1CN2C(=O)C=C(C3=CCN(C(C)(C)C)CC3)CC2[C@@H]1c1ccc(F)cc1)c1cc(C(F)(F)F)cc(C(F)(F)F)c1.C[C@@H](OC1CN2C(=O)CC(C3CCN(C(C)(C)C)CC3)CC2[C@@H]1c1ccc(F)cc1)c1cc(C(F)(F)F)cc(C(F)(F)F)c1. The third-order valence-electron chi connectivity index (χ3n) is 18.6. The first-order valence-corrected chi connectivity index (χ1v) is 29.7. The summed E-state index contributed by atoms with van der Waals surface area (Å²) in [5.41, 5.74) is -2.79. The minimum Gasteiger partial charge on any atom is -0.368 e. The average molecular weight is 1250 g/mol. The highest BCUT2D eigenvalue weighted by atomic mass is 19.4. The highest BCUT2D eigenvalue weighted by Gasteiger charge is 2.52. The van der Waals surface area contributed by atoms with Gasteiger partial charge in [0.2, 0.25) is 11.8 Å². The molecule has 22 heteroatoms. The van der Waals surface area contributed by atoms with Gasteiger partial charge >= 0.3 is 24.7 Å². The van der Waals surface area contributed by atoms with Crippen molar-refractivity contribution in [1.82, 2.24) is 19.6 Å². The molecule has 6 heterocycles. The number of carbonyl (C=O) groups excluding carboxylic acids is 2. The molecule has 0 saturated carbocycles. The number of carbonyl (C=O) groups is 2. The third kappa shape index (κ3) is 15.1. The van der Waals surface area contributed by atoms with Crippen LogP contribution in [0.25, 0.3) is 0 Å². The smallest absolute Gasteiger partial charge is 0.368 e. The van der Waals surface area contributed by atoms with Crippen LogP contribution in [0.1, 0.15) is 162 Å². The first-order chi connectivity index (χ1) is 40.8. The summed E-state index contributed by atoms with van der Waals surface area (Å²) in [4.78, 5) is 35.2. The number of alkyl halides is 12. The van der Waals surface area contributed by atoms with Crippen molar-refractivity contribution in [2.24, 2.45) is 11.8 Å². The molecule has 10 rings (SSSR count). The fourth-order valence-corrected chi connectivity index (χ4v) is 13.9. The molecule has 0 aromatic heterocycles. The molecular formula is C66H74F14N4O4. The van der Waals surface area contributed by atoms with Crippen molar-refractivity contribution >= 4 is 11.8 Å². The minimum absolute atomic E-state index is 0.00351. The first kappa shape index (κ1) is 66.6. The summed E-state index contributed by atoms with van der Waals surface area (Å²) in [5, 5.41) is 0. The molecule has 0 radical (unpaired) electrons. The molecular weight excluding hydrogens is 1180 g/mol. The van der Waals surface area contributed by atoms with Crippen LogP contribution in [0.15, 0.2) is 108 Å². The fraction of sp³-hybridized carbons (Fsp3) is 0.545. The Morgan fingerprint density at radius 1 is 0.500 bits per heavy atom. The standard InChI is InChI=1S/C33H39F7N2O2.C33H35F7N2O2/c2*1-19(22-13-24(32(35,36)37)17-25(14-22)33(38,39)40)44-28-18-42-27(30(28)21-5-7-26(34)8-6-21)15-23(16-29(42)43)20-9-11-41(12-10-20)31(2,3)4/h5-8,13-14,17,19-20,23,27-28,30H,9-12,15-16,18H2,1-4H3;5-9,13-14,16-17,19,27-28,30H,10-12,15,18H2,1-4H3/t19-,23?,27?,28?,30+;19-,27?,28?,30+/m11/s1. The summed E-state index contributed by atoms with van der Waals surface area (Å²) in [6, 6.07) is 13.8. The van der Waals surface area contributed by atoms with Gasteiger partial charge in [0.15, 0.2) is 0 Å². The number of ether oxygens (including phenoxy) is 2. The number of halogens is 14. The van der Waals surface area contributed by atoms with Gasteiger partial charge in [-0.05, 0) is 206 Å². The van der Waals surface area contributed by atoms with Crippen LogP contribution in [-0.4, -0.2) is 106 Å². The van der Waals surface area contributed by atoms with E-state index in [0.717, 1.165) is 56.6 Å². The Kier molecular flexibility index (Phi) is 19.0. The lowest BCUT2D eigenvalue weighted by Gasteiger charge is -2.45. The summed E-state index contributed by atoms with van der Waals surface area (Å²) in [5.74, 6) is -1.59. The van der Waals surface area contributed by atoms with Crippen LogP contribution in [0.5, 0.6) is 0 Å². The Balaban J connectivity index is 0.000000209. The van der Waals surface area contributed by atoms with E-state index in [-0.39, 0.29) is 77.2 Å². The zero-order valence-corrected chi connectivity index (χ0v) is 50.2. The maximum atomic E-state index is 13.9. The molecule has 6 aliphatic heterocycles. The number of amides is 2. The van der Waals surface area contributed by atoms with Gasteiger partial charge in [-0.1, -0.05) is 30.3 Å². The minimum atomic E-state index is -4.99. The van der Waals surface area contributed by atoms with Crippen LogP contribution in [0.2, 0.25) is 0 Å². The van der Waals surface area contributed by atoms with E-state index in [1.807, 2.05) is 0 Å². The largest absolute Gasteiger partial charge is 0.416 e. The van der Waals surface area contributed by atoms with E-state index in [1.54, 1.807) is 40.1 Å². The van der Waals surface area contributed by atoms with E-state index < -0.39 is 94.8 Å². The van der Waals surface area contributed by atoms with Gasteiger partial charge in [-0.15, -0.1) is 0 Å². The van der Waals surface area contributed by atoms with Crippen molar-refractivity contribution in [3.63, 3.8) is 0 Å². The number of nitrogens with zero attached hydrogens (tertiary/aromatic N) is 4. The molecule has 0 N–H and O–H groups in total. The van der Waals surface area contributed by atoms with E-state index >= 15 is 0 Å². The normalized spacial score (nSPS) is 25.4. The second-order valence-electron chi connectivity index (χ2n) is 26.3. The van der Waals surface area contributed by atoms with Gasteiger partial charge in [0.1, 0.15) is 11.6 Å². The Morgan fingerprint density at radius 2 is 0.920 bits per heavy atom. The maximum Gasteiger partial charge on any atom is 0.416 e. The molecule has 4 aromatic rings. The highest BCUT2D eigenvalue weighted by molar-refractivity contribution is 5.91. The van der Waals surface area contributed by atoms with E-state index in [0.29, 0.717) is 60.6 Å². The van der Waals surface area contributed by atoms with E-state index in [9.17, 15) is 71.1 Å². The molecule has 0 bridgehead atoms. The number of rotatable bonds is 10. The Morgan fingerprint density at radius 3 is 1.32 bits per heavy atom. The second kappa shape index (κ2) is 25.1. The summed E-state index contributed by atoms with van der Waals surface area (Å²) in [7, 11) is 0. The lowest BCUT2D eigenvalue weighted by Crippen LogP contribution is -2.50. The predicted molar refractivity (Wildman–Crippen MR) is 302 cm³/mol. The Hall–Kier alpha value is -5.84. The molecule has 5 unspecified atom stereocenters. The van der Waals surface area contributed by atoms with Gasteiger partial charge in [0, 0.05) is 73.7 Å². The number of fused-ring (bicyclic) bond motifs is 2. The average Bonchev–Trinajstić information content (AvgIpc) is 4.16. The molecule has 88 heavy (non-hydrogen) atoms. The van der Waals surface area contributed by atoms with Crippen LogP contribution in [0.4, 0.5) is 61.5 Å². The second-order valence-corrected chi connectivity index (χ2v) is 26.3. The van der Waals surface area contributed by atoms with Gasteiger partial charge < -0.3 is 19.3 Å². The van der Waals surface area contributed by atoms with Gasteiger partial charge in [-0.2, -0.15) is 52.7 Å². The van der Waals surface area contributed by atoms with Crippen LogP contribution in [0.3, 0.4) is 0 Å². The zero-order chi connectivity index (χ0) is 64.4. The van der Waals surface area contributed by atoms with Crippen molar-refractivity contribution in [2.75, 3.05) is 39.3 Å². The number of hydrogen-bond donors (Lipinski definition) is 0. The van der Waals surface area contributed by atoms with E-state index in [2.05, 4.69) is 57.4 Å². The van der Waals surface area contributed by atoms with Gasteiger partial charge in [-0.3, -0.25) is 19.4 Å². The van der Waals surface area contributed by atoms with E-state index in [1.165, 1.54) is 38.1 Å². The first-order valence-electron chi connectivity index (χ1n) is 29.7. The third-order valence-corrected chi connectivity index (χ3v) is 18.6. The lowest BCUT2D eigenvalue weighted by molar-refractivity contribution is -0.145. The molecule has 0 spiro atoms. The number of hydrogen-bond acceptors (Lipinski definition) is 6. The maximum absolute atomic E-state index is 13.9. The molecule has 4 saturated heterocycles. The van der Waals surface area contributed by atoms with E-state index in [4.69, 9.17) is 9.47 Å². The topological polar surface area (TPSA) is 65.6 Å². The summed E-state index contributed by atoms with van der Waals surface area (Å²) in [6.07, 6.45) is -15.7.